The Morgan fingerprint density at radius 3 is 2.48 bits per heavy atom. The van der Waals surface area contributed by atoms with E-state index in [0.717, 1.165) is 44.1 Å². The molecule has 0 radical (unpaired) electrons. The minimum atomic E-state index is 0.222. The van der Waals surface area contributed by atoms with Gasteiger partial charge in [-0.1, -0.05) is 35.9 Å². The monoisotopic (exact) mass is 340 g/mol. The number of aryl methyl sites for hydroxylation is 1. The van der Waals surface area contributed by atoms with Gasteiger partial charge in [0.2, 0.25) is 0 Å². The van der Waals surface area contributed by atoms with Crippen molar-refractivity contribution in [3.05, 3.63) is 59.2 Å². The second-order valence-electron chi connectivity index (χ2n) is 6.57. The number of benzene rings is 2. The van der Waals surface area contributed by atoms with Gasteiger partial charge in [0, 0.05) is 19.6 Å². The van der Waals surface area contributed by atoms with Gasteiger partial charge in [0.25, 0.3) is 0 Å². The van der Waals surface area contributed by atoms with Gasteiger partial charge in [-0.25, -0.2) is 0 Å². The largest absolute Gasteiger partial charge is 0.493 e. The van der Waals surface area contributed by atoms with Crippen molar-refractivity contribution in [2.45, 2.75) is 19.4 Å². The summed E-state index contributed by atoms with van der Waals surface area (Å²) in [6.07, 6.45) is 1.16. The molecule has 0 bridgehead atoms. The summed E-state index contributed by atoms with van der Waals surface area (Å²) in [6, 6.07) is 15.3. The van der Waals surface area contributed by atoms with Gasteiger partial charge in [0.1, 0.15) is 0 Å². The van der Waals surface area contributed by atoms with Crippen LogP contribution in [0.3, 0.4) is 0 Å². The van der Waals surface area contributed by atoms with Crippen molar-refractivity contribution >= 4 is 0 Å². The minimum absolute atomic E-state index is 0.222. The molecule has 4 nitrogen and oxygen atoms in total. The smallest absolute Gasteiger partial charge is 0.161 e. The van der Waals surface area contributed by atoms with Crippen LogP contribution in [0.2, 0.25) is 0 Å². The average Bonchev–Trinajstić information content (AvgIpc) is 2.91. The van der Waals surface area contributed by atoms with Gasteiger partial charge in [-0.2, -0.15) is 0 Å². The lowest BCUT2D eigenvalue weighted by Gasteiger charge is -2.32. The molecule has 3 rings (SSSR count). The quantitative estimate of drug-likeness (QED) is 0.904. The summed E-state index contributed by atoms with van der Waals surface area (Å²) in [7, 11) is 3.37. The minimum Gasteiger partial charge on any atom is -0.493 e. The molecular formula is C21H28N2O2. The third kappa shape index (κ3) is 4.14. The van der Waals surface area contributed by atoms with Crippen molar-refractivity contribution in [1.82, 2.24) is 10.2 Å². The molecule has 4 heteroatoms. The molecule has 0 amide bonds. The zero-order valence-corrected chi connectivity index (χ0v) is 15.4. The van der Waals surface area contributed by atoms with Crippen LogP contribution in [0.5, 0.6) is 11.5 Å². The van der Waals surface area contributed by atoms with Crippen LogP contribution in [-0.2, 0) is 0 Å². The Labute approximate surface area is 150 Å². The lowest BCUT2D eigenvalue weighted by molar-refractivity contribution is 0.240. The number of methoxy groups -OCH3 is 2. The van der Waals surface area contributed by atoms with E-state index in [2.05, 4.69) is 53.5 Å². The lowest BCUT2D eigenvalue weighted by Crippen LogP contribution is -2.33. The summed E-state index contributed by atoms with van der Waals surface area (Å²) in [5.74, 6) is 1.55. The van der Waals surface area contributed by atoms with E-state index in [1.54, 1.807) is 14.2 Å². The van der Waals surface area contributed by atoms with Gasteiger partial charge in [-0.05, 0) is 43.1 Å². The topological polar surface area (TPSA) is 33.7 Å². The summed E-state index contributed by atoms with van der Waals surface area (Å²) < 4.78 is 11.0. The highest BCUT2D eigenvalue weighted by Gasteiger charge is 2.24. The maximum atomic E-state index is 5.54. The van der Waals surface area contributed by atoms with E-state index in [-0.39, 0.29) is 6.04 Å². The number of rotatable bonds is 5. The second kappa shape index (κ2) is 8.37. The summed E-state index contributed by atoms with van der Waals surface area (Å²) >= 11 is 0. The van der Waals surface area contributed by atoms with Gasteiger partial charge < -0.3 is 14.8 Å². The molecule has 1 heterocycles. The number of hydrogen-bond acceptors (Lipinski definition) is 4. The molecule has 1 fully saturated rings. The first-order valence-electron chi connectivity index (χ1n) is 8.96. The Morgan fingerprint density at radius 1 is 0.920 bits per heavy atom. The molecule has 1 aliphatic heterocycles. The SMILES string of the molecule is COc1ccc(C(c2cccc(C)c2)N2CCCNCC2)cc1OC. The molecule has 0 saturated carbocycles. The maximum absolute atomic E-state index is 5.54. The molecular weight excluding hydrogens is 312 g/mol. The standard InChI is InChI=1S/C21H28N2O2/c1-16-6-4-7-17(14-16)21(23-12-5-10-22-11-13-23)18-8-9-19(24-2)20(15-18)25-3/h4,6-9,14-15,21-22H,5,10-13H2,1-3H3. The zero-order chi connectivity index (χ0) is 17.6. The Kier molecular flexibility index (Phi) is 5.95. The first kappa shape index (κ1) is 17.8. The maximum Gasteiger partial charge on any atom is 0.161 e. The van der Waals surface area contributed by atoms with Crippen LogP contribution in [0.15, 0.2) is 42.5 Å². The molecule has 0 aromatic heterocycles. The van der Waals surface area contributed by atoms with Crippen LogP contribution < -0.4 is 14.8 Å². The molecule has 2 aromatic rings. The summed E-state index contributed by atoms with van der Waals surface area (Å²) in [5.41, 5.74) is 3.86. The van der Waals surface area contributed by atoms with E-state index >= 15 is 0 Å². The van der Waals surface area contributed by atoms with Crippen molar-refractivity contribution in [2.75, 3.05) is 40.4 Å². The lowest BCUT2D eigenvalue weighted by atomic mass is 9.95. The third-order valence-electron chi connectivity index (χ3n) is 4.82. The third-order valence-corrected chi connectivity index (χ3v) is 4.82. The zero-order valence-electron chi connectivity index (χ0n) is 15.4. The number of ether oxygens (including phenoxy) is 2. The first-order valence-corrected chi connectivity index (χ1v) is 8.96. The van der Waals surface area contributed by atoms with Crippen LogP contribution >= 0.6 is 0 Å². The molecule has 1 atom stereocenters. The molecule has 1 aliphatic rings. The van der Waals surface area contributed by atoms with Gasteiger partial charge in [-0.3, -0.25) is 4.90 Å². The van der Waals surface area contributed by atoms with Crippen molar-refractivity contribution in [1.29, 1.82) is 0 Å². The van der Waals surface area contributed by atoms with Crippen molar-refractivity contribution in [3.63, 3.8) is 0 Å². The van der Waals surface area contributed by atoms with Crippen LogP contribution in [0.4, 0.5) is 0 Å². The number of nitrogens with one attached hydrogen (secondary N) is 1. The molecule has 0 spiro atoms. The molecule has 1 unspecified atom stereocenters. The highest BCUT2D eigenvalue weighted by Crippen LogP contribution is 2.35. The van der Waals surface area contributed by atoms with Crippen LogP contribution in [-0.4, -0.2) is 45.3 Å². The van der Waals surface area contributed by atoms with Gasteiger partial charge >= 0.3 is 0 Å². The van der Waals surface area contributed by atoms with Gasteiger partial charge in [0.05, 0.1) is 20.3 Å². The van der Waals surface area contributed by atoms with Crippen molar-refractivity contribution < 1.29 is 9.47 Å². The molecule has 1 saturated heterocycles. The fourth-order valence-electron chi connectivity index (χ4n) is 3.60. The Bertz CT molecular complexity index is 694. The highest BCUT2D eigenvalue weighted by molar-refractivity contribution is 5.46. The summed E-state index contributed by atoms with van der Waals surface area (Å²) in [6.45, 7) is 6.38. The van der Waals surface area contributed by atoms with Crippen LogP contribution in [0, 0.1) is 6.92 Å². The fraction of sp³-hybridized carbons (Fsp3) is 0.429. The average molecular weight is 340 g/mol. The highest BCUT2D eigenvalue weighted by atomic mass is 16.5. The van der Waals surface area contributed by atoms with Crippen molar-refractivity contribution in [2.24, 2.45) is 0 Å². The Balaban J connectivity index is 2.04. The Morgan fingerprint density at radius 2 is 1.72 bits per heavy atom. The van der Waals surface area contributed by atoms with E-state index in [4.69, 9.17) is 9.47 Å². The van der Waals surface area contributed by atoms with Gasteiger partial charge in [-0.15, -0.1) is 0 Å². The number of hydrogen-bond donors (Lipinski definition) is 1. The van der Waals surface area contributed by atoms with E-state index in [1.807, 2.05) is 6.07 Å². The first-order chi connectivity index (χ1) is 12.2. The fourth-order valence-corrected chi connectivity index (χ4v) is 3.60. The van der Waals surface area contributed by atoms with E-state index in [1.165, 1.54) is 16.7 Å². The van der Waals surface area contributed by atoms with E-state index in [0.29, 0.717) is 0 Å². The number of nitrogens with zero attached hydrogens (tertiary/aromatic N) is 1. The molecule has 0 aliphatic carbocycles. The molecule has 134 valence electrons. The van der Waals surface area contributed by atoms with Crippen LogP contribution in [0.1, 0.15) is 29.2 Å². The predicted octanol–water partition coefficient (Wildman–Crippen LogP) is 3.40. The summed E-state index contributed by atoms with van der Waals surface area (Å²) in [5, 5.41) is 3.50. The predicted molar refractivity (Wildman–Crippen MR) is 102 cm³/mol. The molecule has 2 aromatic carbocycles. The Hall–Kier alpha value is -2.04. The normalized spacial score (nSPS) is 16.9. The van der Waals surface area contributed by atoms with Crippen LogP contribution in [0.25, 0.3) is 0 Å². The van der Waals surface area contributed by atoms with E-state index < -0.39 is 0 Å². The van der Waals surface area contributed by atoms with Gasteiger partial charge in [0.15, 0.2) is 11.5 Å². The van der Waals surface area contributed by atoms with Crippen molar-refractivity contribution in [3.8, 4) is 11.5 Å². The summed E-state index contributed by atoms with van der Waals surface area (Å²) in [4.78, 5) is 2.57. The second-order valence-corrected chi connectivity index (χ2v) is 6.57. The molecule has 25 heavy (non-hydrogen) atoms. The van der Waals surface area contributed by atoms with E-state index in [9.17, 15) is 0 Å². The molecule has 1 N–H and O–H groups in total.